The molecule has 41 heavy (non-hydrogen) atoms. The quantitative estimate of drug-likeness (QED) is 0.336. The number of amides is 1. The fraction of sp³-hybridized carbons (Fsp3) is 0.444. The lowest BCUT2D eigenvalue weighted by molar-refractivity contribution is -0.211. The van der Waals surface area contributed by atoms with Crippen molar-refractivity contribution in [2.24, 2.45) is 0 Å². The minimum Gasteiger partial charge on any atom is -0.394 e. The molecule has 3 N–H and O–H groups in total. The average molecular weight is 641 g/mol. The summed E-state index contributed by atoms with van der Waals surface area (Å²) in [5.41, 5.74) is 1.23. The van der Waals surface area contributed by atoms with Gasteiger partial charge >= 0.3 is 0 Å². The molecule has 0 unspecified atom stereocenters. The van der Waals surface area contributed by atoms with Crippen LogP contribution in [0.15, 0.2) is 41.0 Å². The first kappa shape index (κ1) is 29.6. The number of aromatic nitrogens is 3. The van der Waals surface area contributed by atoms with Gasteiger partial charge in [0.25, 0.3) is 5.91 Å². The molecular formula is C27H28BrF3N4O6. The Bertz CT molecular complexity index is 1400. The van der Waals surface area contributed by atoms with Crippen molar-refractivity contribution in [3.8, 4) is 11.3 Å². The third-order valence-electron chi connectivity index (χ3n) is 7.55. The molecule has 1 aliphatic carbocycles. The van der Waals surface area contributed by atoms with E-state index in [9.17, 15) is 33.3 Å². The molecule has 10 nitrogen and oxygen atoms in total. The van der Waals surface area contributed by atoms with E-state index in [1.54, 1.807) is 12.1 Å². The van der Waals surface area contributed by atoms with E-state index in [0.717, 1.165) is 26.9 Å². The van der Waals surface area contributed by atoms with Gasteiger partial charge in [-0.3, -0.25) is 4.79 Å². The molecule has 1 amide bonds. The van der Waals surface area contributed by atoms with Gasteiger partial charge < -0.3 is 29.7 Å². The molecule has 5 rings (SSSR count). The Labute approximate surface area is 241 Å². The minimum absolute atomic E-state index is 0.0383. The summed E-state index contributed by atoms with van der Waals surface area (Å²) in [6, 6.07) is 5.22. The molecule has 2 heterocycles. The van der Waals surface area contributed by atoms with E-state index in [4.69, 9.17) is 9.47 Å². The number of carbonyl (C=O) groups is 1. The molecule has 7 atom stereocenters. The molecule has 1 aromatic heterocycles. The zero-order chi connectivity index (χ0) is 29.6. The highest BCUT2D eigenvalue weighted by Gasteiger charge is 2.52. The van der Waals surface area contributed by atoms with E-state index >= 15 is 0 Å². The van der Waals surface area contributed by atoms with Crippen molar-refractivity contribution >= 4 is 27.5 Å². The zero-order valence-electron chi connectivity index (χ0n) is 22.0. The number of hydrogen-bond donors (Lipinski definition) is 3. The Morgan fingerprint density at radius 2 is 1.88 bits per heavy atom. The summed E-state index contributed by atoms with van der Waals surface area (Å²) in [5, 5.41) is 39.6. The number of benzene rings is 2. The predicted molar refractivity (Wildman–Crippen MR) is 142 cm³/mol. The maximum Gasteiger partial charge on any atom is 0.259 e. The molecular weight excluding hydrogens is 613 g/mol. The number of rotatable bonds is 7. The molecule has 1 aliphatic heterocycles. The Morgan fingerprint density at radius 1 is 1.17 bits per heavy atom. The number of ether oxygens (including phenoxy) is 2. The molecule has 0 bridgehead atoms. The van der Waals surface area contributed by atoms with Crippen molar-refractivity contribution in [1.82, 2.24) is 15.0 Å². The van der Waals surface area contributed by atoms with Crippen LogP contribution in [-0.4, -0.2) is 86.5 Å². The second-order valence-corrected chi connectivity index (χ2v) is 11.1. The second kappa shape index (κ2) is 11.8. The fourth-order valence-corrected chi connectivity index (χ4v) is 5.95. The zero-order valence-corrected chi connectivity index (χ0v) is 23.6. The Morgan fingerprint density at radius 3 is 2.44 bits per heavy atom. The third kappa shape index (κ3) is 5.51. The van der Waals surface area contributed by atoms with Gasteiger partial charge in [-0.2, -0.15) is 0 Å². The van der Waals surface area contributed by atoms with Crippen LogP contribution in [0.5, 0.6) is 0 Å². The van der Waals surface area contributed by atoms with Crippen LogP contribution in [-0.2, 0) is 14.3 Å². The van der Waals surface area contributed by atoms with Crippen LogP contribution in [0.25, 0.3) is 11.3 Å². The van der Waals surface area contributed by atoms with Gasteiger partial charge in [-0.15, -0.1) is 5.10 Å². The molecule has 2 aromatic carbocycles. The monoisotopic (exact) mass is 640 g/mol. The van der Waals surface area contributed by atoms with E-state index in [2.05, 4.69) is 26.2 Å². The standard InChI is InChI=1S/C27H28BrF3N4O6/c1-12-5-14(28)9-15(6-12)35(19-3-4-20(19)37)27(39)26-25(40-2)23(24(38)21(11-36)41-26)34-10-18(32-33-34)13-7-16(29)22(31)17(30)8-13/h5-10,19-21,23-26,36-38H,3-4,11H2,1-2H3/t19-,20-,21-,23+,24+,25-,26-/m1/s1. The number of hydrogen-bond acceptors (Lipinski definition) is 8. The average Bonchev–Trinajstić information content (AvgIpc) is 3.42. The molecule has 1 saturated carbocycles. The van der Waals surface area contributed by atoms with Crippen molar-refractivity contribution in [2.75, 3.05) is 18.6 Å². The summed E-state index contributed by atoms with van der Waals surface area (Å²) in [6.07, 6.45) is -3.70. The minimum atomic E-state index is -1.63. The fourth-order valence-electron chi connectivity index (χ4n) is 5.36. The summed E-state index contributed by atoms with van der Waals surface area (Å²) < 4.78 is 54.7. The maximum atomic E-state index is 14.2. The van der Waals surface area contributed by atoms with Crippen LogP contribution in [0.1, 0.15) is 24.4 Å². The van der Waals surface area contributed by atoms with Gasteiger partial charge in [0.05, 0.1) is 24.9 Å². The molecule has 0 radical (unpaired) electrons. The van der Waals surface area contributed by atoms with Crippen molar-refractivity contribution in [1.29, 1.82) is 0 Å². The van der Waals surface area contributed by atoms with Crippen LogP contribution >= 0.6 is 15.9 Å². The normalized spacial score (nSPS) is 27.9. The number of methoxy groups -OCH3 is 1. The van der Waals surface area contributed by atoms with Gasteiger partial charge in [0.15, 0.2) is 23.6 Å². The third-order valence-corrected chi connectivity index (χ3v) is 8.01. The van der Waals surface area contributed by atoms with Gasteiger partial charge in [-0.1, -0.05) is 21.1 Å². The second-order valence-electron chi connectivity index (χ2n) is 10.2. The molecule has 2 aliphatic rings. The lowest BCUT2D eigenvalue weighted by Crippen LogP contribution is -2.64. The number of anilines is 1. The number of aliphatic hydroxyl groups excluding tert-OH is 3. The van der Waals surface area contributed by atoms with Gasteiger partial charge in [-0.25, -0.2) is 17.9 Å². The smallest absolute Gasteiger partial charge is 0.259 e. The Balaban J connectivity index is 1.53. The van der Waals surface area contributed by atoms with Gasteiger partial charge in [0.2, 0.25) is 0 Å². The summed E-state index contributed by atoms with van der Waals surface area (Å²) in [4.78, 5) is 15.7. The molecule has 3 aromatic rings. The molecule has 1 saturated heterocycles. The maximum absolute atomic E-state index is 14.2. The first-order chi connectivity index (χ1) is 19.5. The number of carbonyl (C=O) groups excluding carboxylic acids is 1. The molecule has 220 valence electrons. The van der Waals surface area contributed by atoms with Gasteiger partial charge in [-0.05, 0) is 55.7 Å². The van der Waals surface area contributed by atoms with Crippen LogP contribution in [0, 0.1) is 24.4 Å². The summed E-state index contributed by atoms with van der Waals surface area (Å²) >= 11 is 3.45. The Hall–Kier alpha value is -2.88. The van der Waals surface area contributed by atoms with Gasteiger partial charge in [0, 0.05) is 22.8 Å². The van der Waals surface area contributed by atoms with Crippen LogP contribution < -0.4 is 4.90 Å². The highest BCUT2D eigenvalue weighted by atomic mass is 79.9. The van der Waals surface area contributed by atoms with Gasteiger partial charge in [0.1, 0.15) is 30.0 Å². The summed E-state index contributed by atoms with van der Waals surface area (Å²) in [7, 11) is 1.31. The topological polar surface area (TPSA) is 130 Å². The van der Waals surface area contributed by atoms with E-state index in [1.165, 1.54) is 18.2 Å². The van der Waals surface area contributed by atoms with Crippen molar-refractivity contribution in [3.63, 3.8) is 0 Å². The van der Waals surface area contributed by atoms with Crippen molar-refractivity contribution in [3.05, 3.63) is 64.0 Å². The lowest BCUT2D eigenvalue weighted by atomic mass is 9.85. The lowest BCUT2D eigenvalue weighted by Gasteiger charge is -2.47. The summed E-state index contributed by atoms with van der Waals surface area (Å²) in [5.74, 6) is -5.03. The number of halogens is 4. The molecule has 2 fully saturated rings. The van der Waals surface area contributed by atoms with E-state index in [0.29, 0.717) is 18.5 Å². The van der Waals surface area contributed by atoms with Crippen molar-refractivity contribution < 1.29 is 42.8 Å². The number of aliphatic hydroxyl groups is 3. The van der Waals surface area contributed by atoms with Crippen LogP contribution in [0.3, 0.4) is 0 Å². The number of nitrogens with zero attached hydrogens (tertiary/aromatic N) is 4. The van der Waals surface area contributed by atoms with Crippen LogP contribution in [0.4, 0.5) is 18.9 Å². The largest absolute Gasteiger partial charge is 0.394 e. The van der Waals surface area contributed by atoms with Crippen LogP contribution in [0.2, 0.25) is 0 Å². The predicted octanol–water partition coefficient (Wildman–Crippen LogP) is 2.67. The first-order valence-corrected chi connectivity index (χ1v) is 13.7. The highest BCUT2D eigenvalue weighted by molar-refractivity contribution is 9.10. The summed E-state index contributed by atoms with van der Waals surface area (Å²) in [6.45, 7) is 1.20. The SMILES string of the molecule is CO[C@@H]1[C@@H](n2cc(-c3cc(F)c(F)c(F)c3)nn2)[C@@H](O)[C@@H](CO)O[C@H]1C(=O)N(c1cc(C)cc(Br)c1)[C@@H]1CC[C@H]1O. The van der Waals surface area contributed by atoms with E-state index in [1.807, 2.05) is 13.0 Å². The highest BCUT2D eigenvalue weighted by Crippen LogP contribution is 2.38. The van der Waals surface area contributed by atoms with E-state index in [-0.39, 0.29) is 11.3 Å². The van der Waals surface area contributed by atoms with E-state index < -0.39 is 72.6 Å². The molecule has 14 heteroatoms. The number of aryl methyl sites for hydroxylation is 1. The Kier molecular flexibility index (Phi) is 8.51. The first-order valence-electron chi connectivity index (χ1n) is 12.9. The van der Waals surface area contributed by atoms with Crippen molar-refractivity contribution in [2.45, 2.75) is 62.4 Å². The molecule has 0 spiro atoms.